The smallest absolute Gasteiger partial charge is 0.193 e. The van der Waals surface area contributed by atoms with Crippen LogP contribution in [-0.2, 0) is 6.42 Å². The van der Waals surface area contributed by atoms with E-state index in [1.165, 1.54) is 22.3 Å². The Hall–Kier alpha value is -1.91. The number of fused-ring (bicyclic) bond motifs is 3. The van der Waals surface area contributed by atoms with Gasteiger partial charge in [-0.2, -0.15) is 0 Å². The van der Waals surface area contributed by atoms with Crippen molar-refractivity contribution in [2.24, 2.45) is 0 Å². The first kappa shape index (κ1) is 14.0. The van der Waals surface area contributed by atoms with Gasteiger partial charge in [0.15, 0.2) is 5.11 Å². The van der Waals surface area contributed by atoms with Crippen molar-refractivity contribution in [2.45, 2.75) is 19.4 Å². The molecule has 0 spiro atoms. The molecule has 0 saturated carbocycles. The second-order valence-corrected chi connectivity index (χ2v) is 5.67. The van der Waals surface area contributed by atoms with Crippen molar-refractivity contribution >= 4 is 17.3 Å². The normalized spacial score (nSPS) is 13.3. The van der Waals surface area contributed by atoms with Crippen molar-refractivity contribution in [1.29, 1.82) is 0 Å². The van der Waals surface area contributed by atoms with Gasteiger partial charge in [-0.25, -0.2) is 5.06 Å². The predicted molar refractivity (Wildman–Crippen MR) is 88.4 cm³/mol. The number of rotatable bonds is 2. The van der Waals surface area contributed by atoms with Crippen LogP contribution in [0.15, 0.2) is 42.5 Å². The second kappa shape index (κ2) is 5.47. The van der Waals surface area contributed by atoms with E-state index < -0.39 is 0 Å². The van der Waals surface area contributed by atoms with Gasteiger partial charge in [-0.1, -0.05) is 42.5 Å². The van der Waals surface area contributed by atoms with Gasteiger partial charge in [-0.15, -0.1) is 0 Å². The molecule has 21 heavy (non-hydrogen) atoms. The van der Waals surface area contributed by atoms with Crippen LogP contribution >= 0.6 is 12.2 Å². The molecular weight excluding hydrogens is 280 g/mol. The number of nitrogens with zero attached hydrogens (tertiary/aromatic N) is 1. The van der Waals surface area contributed by atoms with Gasteiger partial charge < -0.3 is 5.32 Å². The number of hydroxylamine groups is 2. The Morgan fingerprint density at radius 3 is 2.67 bits per heavy atom. The molecule has 0 aromatic heterocycles. The summed E-state index contributed by atoms with van der Waals surface area (Å²) >= 11 is 5.12. The Morgan fingerprint density at radius 2 is 1.90 bits per heavy atom. The zero-order valence-electron chi connectivity index (χ0n) is 12.1. The fourth-order valence-electron chi connectivity index (χ4n) is 3.00. The summed E-state index contributed by atoms with van der Waals surface area (Å²) in [4.78, 5) is 0. The Balaban J connectivity index is 2.02. The summed E-state index contributed by atoms with van der Waals surface area (Å²) < 4.78 is 0. The van der Waals surface area contributed by atoms with Gasteiger partial charge in [0.1, 0.15) is 0 Å². The van der Waals surface area contributed by atoms with E-state index in [1.54, 1.807) is 7.05 Å². The summed E-state index contributed by atoms with van der Waals surface area (Å²) in [6, 6.07) is 14.5. The minimum Gasteiger partial charge on any atom is -0.364 e. The molecule has 108 valence electrons. The van der Waals surface area contributed by atoms with E-state index in [9.17, 15) is 5.21 Å². The van der Waals surface area contributed by atoms with Gasteiger partial charge in [0.25, 0.3) is 0 Å². The van der Waals surface area contributed by atoms with Crippen LogP contribution in [0.3, 0.4) is 0 Å². The maximum absolute atomic E-state index is 10.2. The average molecular weight is 298 g/mol. The predicted octanol–water partition coefficient (Wildman–Crippen LogP) is 3.51. The number of hydrogen-bond donors (Lipinski definition) is 2. The summed E-state index contributed by atoms with van der Waals surface area (Å²) in [5, 5.41) is 14.5. The lowest BCUT2D eigenvalue weighted by atomic mass is 9.97. The van der Waals surface area contributed by atoms with Crippen molar-refractivity contribution in [3.05, 3.63) is 59.2 Å². The molecule has 0 radical (unpaired) electrons. The van der Waals surface area contributed by atoms with Gasteiger partial charge in [-0.05, 0) is 53.4 Å². The first-order chi connectivity index (χ1) is 10.1. The third kappa shape index (κ3) is 2.30. The lowest BCUT2D eigenvalue weighted by Crippen LogP contribution is -2.37. The van der Waals surface area contributed by atoms with Gasteiger partial charge in [0.2, 0.25) is 0 Å². The van der Waals surface area contributed by atoms with Crippen molar-refractivity contribution in [3.63, 3.8) is 0 Å². The van der Waals surface area contributed by atoms with E-state index in [0.29, 0.717) is 5.11 Å². The van der Waals surface area contributed by atoms with E-state index in [4.69, 9.17) is 12.2 Å². The molecule has 0 fully saturated rings. The van der Waals surface area contributed by atoms with Crippen LogP contribution in [0.1, 0.15) is 29.7 Å². The van der Waals surface area contributed by atoms with E-state index in [1.807, 2.05) is 13.0 Å². The van der Waals surface area contributed by atoms with Crippen LogP contribution < -0.4 is 5.32 Å². The zero-order valence-corrected chi connectivity index (χ0v) is 12.9. The topological polar surface area (TPSA) is 35.5 Å². The average Bonchev–Trinajstić information content (AvgIpc) is 2.91. The molecule has 2 aromatic carbocycles. The monoisotopic (exact) mass is 298 g/mol. The van der Waals surface area contributed by atoms with Crippen molar-refractivity contribution in [2.75, 3.05) is 7.05 Å². The molecule has 2 N–H and O–H groups in total. The van der Waals surface area contributed by atoms with E-state index in [-0.39, 0.29) is 6.04 Å². The van der Waals surface area contributed by atoms with Crippen LogP contribution in [0.4, 0.5) is 0 Å². The van der Waals surface area contributed by atoms with Crippen LogP contribution in [0.5, 0.6) is 0 Å². The molecule has 3 nitrogen and oxygen atoms in total. The van der Waals surface area contributed by atoms with E-state index in [0.717, 1.165) is 17.0 Å². The quantitative estimate of drug-likeness (QED) is 0.560. The number of hydrogen-bond acceptors (Lipinski definition) is 2. The Kier molecular flexibility index (Phi) is 3.66. The van der Waals surface area contributed by atoms with Gasteiger partial charge in [-0.3, -0.25) is 5.21 Å². The largest absolute Gasteiger partial charge is 0.364 e. The summed E-state index contributed by atoms with van der Waals surface area (Å²) in [6.45, 7) is 1.96. The van der Waals surface area contributed by atoms with Gasteiger partial charge in [0, 0.05) is 7.05 Å². The number of nitrogens with one attached hydrogen (secondary N) is 1. The molecule has 1 aliphatic carbocycles. The molecule has 3 rings (SSSR count). The van der Waals surface area contributed by atoms with E-state index >= 15 is 0 Å². The van der Waals surface area contributed by atoms with Gasteiger partial charge in [0.05, 0.1) is 6.04 Å². The van der Waals surface area contributed by atoms with Crippen molar-refractivity contribution in [1.82, 2.24) is 10.4 Å². The van der Waals surface area contributed by atoms with Gasteiger partial charge >= 0.3 is 0 Å². The minimum absolute atomic E-state index is 0.186. The second-order valence-electron chi connectivity index (χ2n) is 5.28. The van der Waals surface area contributed by atoms with Crippen LogP contribution in [0.25, 0.3) is 11.1 Å². The van der Waals surface area contributed by atoms with E-state index in [2.05, 4.69) is 41.7 Å². The highest BCUT2D eigenvalue weighted by molar-refractivity contribution is 7.80. The molecular formula is C17H18N2OS. The first-order valence-electron chi connectivity index (χ1n) is 7.03. The number of benzene rings is 2. The van der Waals surface area contributed by atoms with Crippen molar-refractivity contribution < 1.29 is 5.21 Å². The fourth-order valence-corrected chi connectivity index (χ4v) is 3.15. The molecule has 0 saturated heterocycles. The third-order valence-corrected chi connectivity index (χ3v) is 4.52. The maximum Gasteiger partial charge on any atom is 0.193 e. The highest BCUT2D eigenvalue weighted by Gasteiger charge is 2.25. The molecule has 0 heterocycles. The Bertz CT molecular complexity index is 699. The SMILES string of the molecule is CNC(=S)N(O)C(C)c1cccc2c1Cc1ccccc1-2. The highest BCUT2D eigenvalue weighted by Crippen LogP contribution is 2.40. The molecule has 0 bridgehead atoms. The molecule has 0 amide bonds. The van der Waals surface area contributed by atoms with Crippen LogP contribution in [-0.4, -0.2) is 22.4 Å². The molecule has 2 aromatic rings. The maximum atomic E-state index is 10.2. The van der Waals surface area contributed by atoms with Crippen molar-refractivity contribution in [3.8, 4) is 11.1 Å². The minimum atomic E-state index is -0.186. The molecule has 1 atom stereocenters. The third-order valence-electron chi connectivity index (χ3n) is 4.13. The lowest BCUT2D eigenvalue weighted by Gasteiger charge is -2.26. The first-order valence-corrected chi connectivity index (χ1v) is 7.44. The molecule has 1 unspecified atom stereocenters. The standard InChI is InChI=1S/C17H18N2OS/c1-11(19(20)17(21)18-2)13-8-5-9-15-14-7-4-3-6-12(14)10-16(13)15/h3-9,11,20H,10H2,1-2H3,(H,18,21). The highest BCUT2D eigenvalue weighted by atomic mass is 32.1. The zero-order chi connectivity index (χ0) is 15.0. The Labute approximate surface area is 130 Å². The molecule has 0 aliphatic heterocycles. The molecule has 4 heteroatoms. The summed E-state index contributed by atoms with van der Waals surface area (Å²) in [5.74, 6) is 0. The lowest BCUT2D eigenvalue weighted by molar-refractivity contribution is -0.0496. The summed E-state index contributed by atoms with van der Waals surface area (Å²) in [6.07, 6.45) is 0.909. The fraction of sp³-hybridized carbons (Fsp3) is 0.235. The molecule has 1 aliphatic rings. The summed E-state index contributed by atoms with van der Waals surface area (Å²) in [5.41, 5.74) is 6.29. The van der Waals surface area contributed by atoms with Crippen LogP contribution in [0, 0.1) is 0 Å². The summed E-state index contributed by atoms with van der Waals surface area (Å²) in [7, 11) is 1.71. The Morgan fingerprint density at radius 1 is 1.19 bits per heavy atom. The van der Waals surface area contributed by atoms with Crippen LogP contribution in [0.2, 0.25) is 0 Å². The number of thiocarbonyl (C=S) groups is 1.